The Morgan fingerprint density at radius 3 is 1.41 bits per heavy atom. The van der Waals surface area contributed by atoms with Crippen LogP contribution in [0.1, 0.15) is 70.2 Å². The molecule has 6 rings (SSSR count). The first-order chi connectivity index (χ1) is 20.0. The zero-order chi connectivity index (χ0) is 30.2. The first-order valence-corrected chi connectivity index (χ1v) is 16.2. The maximum absolute atomic E-state index is 2.99. The molecule has 1 aliphatic rings. The molecule has 0 spiro atoms. The molecule has 0 aromatic heterocycles. The van der Waals surface area contributed by atoms with Crippen LogP contribution in [-0.4, -0.2) is 3.21 Å². The quantitative estimate of drug-likeness (QED) is 0.230. The van der Waals surface area contributed by atoms with Crippen LogP contribution in [0.2, 0.25) is 0 Å². The first-order valence-electron chi connectivity index (χ1n) is 15.0. The van der Waals surface area contributed by atoms with Crippen molar-refractivity contribution < 1.29 is 58.2 Å². The average Bonchev–Trinajstić information content (AvgIpc) is 3.65. The van der Waals surface area contributed by atoms with E-state index in [4.69, 9.17) is 0 Å². The molecule has 0 bridgehead atoms. The summed E-state index contributed by atoms with van der Waals surface area (Å²) in [5.41, 5.74) is 6.04. The molecule has 3 heteroatoms. The number of hydrogen-bond donors (Lipinski definition) is 0. The molecule has 0 amide bonds. The van der Waals surface area contributed by atoms with Crippen molar-refractivity contribution in [3.8, 4) is 0 Å². The summed E-state index contributed by atoms with van der Waals surface area (Å²) in [6, 6.07) is 37.6. The van der Waals surface area contributed by atoms with E-state index in [1.807, 2.05) is 12.2 Å². The molecular formula is C41H44Br2Zr-2. The second-order valence-electron chi connectivity index (χ2n) is 13.2. The Balaban J connectivity index is 0.000000260. The maximum atomic E-state index is 2.99. The molecule has 0 heterocycles. The Morgan fingerprint density at radius 2 is 1.09 bits per heavy atom. The van der Waals surface area contributed by atoms with Crippen LogP contribution in [-0.2, 0) is 47.9 Å². The van der Waals surface area contributed by atoms with Gasteiger partial charge in [-0.3, -0.25) is 6.08 Å². The van der Waals surface area contributed by atoms with Gasteiger partial charge >= 0.3 is 112 Å². The Hall–Kier alpha value is -2.06. The minimum absolute atomic E-state index is 0. The van der Waals surface area contributed by atoms with Gasteiger partial charge in [-0.25, -0.2) is 12.2 Å². The fourth-order valence-corrected chi connectivity index (χ4v) is 6.02. The third-order valence-electron chi connectivity index (χ3n) is 7.55. The van der Waals surface area contributed by atoms with Crippen LogP contribution in [0.4, 0.5) is 0 Å². The van der Waals surface area contributed by atoms with E-state index in [9.17, 15) is 0 Å². The summed E-state index contributed by atoms with van der Waals surface area (Å²) in [6.07, 6.45) is 12.2. The van der Waals surface area contributed by atoms with E-state index in [2.05, 4.69) is 157 Å². The molecule has 1 aliphatic carbocycles. The van der Waals surface area contributed by atoms with Crippen molar-refractivity contribution in [3.63, 3.8) is 0 Å². The van der Waals surface area contributed by atoms with Gasteiger partial charge in [0.15, 0.2) is 0 Å². The molecule has 5 aromatic carbocycles. The molecule has 0 radical (unpaired) electrons. The van der Waals surface area contributed by atoms with Crippen molar-refractivity contribution in [2.24, 2.45) is 0 Å². The standard InChI is InChI=1S/C21H25.C15H14.C5H5.2BrH.Zr/c1-20(2,3)16-9-7-14-11-15-8-10-17(21(4,5)6)13-19(15)18(14)12-16;1-3-8-14(9-4-1)12-7-13-15-10-5-2-6-11-15;1-2-4-5-3-1;;;/h7-13H,1-6H3;1-6,8-11H,12-13H2;1-3H,4H2;2*1H;/q-1;;-1;;;+2/p-2. The number of benzene rings is 4. The van der Waals surface area contributed by atoms with Gasteiger partial charge in [0.1, 0.15) is 0 Å². The SMILES string of the molecule is CC(C)(C)c1ccc2[cH-]c3ccc(C(C)(C)C)cc3c2c1.[Br-].[Br-].[C-]1=CC=CC1.[Zr+2]=[C](Cc1ccccc1)Cc1ccccc1. The van der Waals surface area contributed by atoms with E-state index >= 15 is 0 Å². The molecule has 0 atom stereocenters. The molecule has 0 unspecified atom stereocenters. The van der Waals surface area contributed by atoms with Gasteiger partial charge in [0.2, 0.25) is 0 Å². The molecule has 0 fully saturated rings. The Bertz CT molecular complexity index is 1540. The van der Waals surface area contributed by atoms with Crippen molar-refractivity contribution in [3.05, 3.63) is 150 Å². The normalized spacial score (nSPS) is 12.0. The molecule has 0 nitrogen and oxygen atoms in total. The Kier molecular flexibility index (Phi) is 15.2. The Labute approximate surface area is 301 Å². The first kappa shape index (κ1) is 38.1. The molecule has 228 valence electrons. The van der Waals surface area contributed by atoms with Crippen LogP contribution in [0.3, 0.4) is 0 Å². The van der Waals surface area contributed by atoms with Gasteiger partial charge in [-0.05, 0) is 10.8 Å². The molecule has 0 saturated heterocycles. The van der Waals surface area contributed by atoms with Crippen molar-refractivity contribution in [1.82, 2.24) is 0 Å². The van der Waals surface area contributed by atoms with Gasteiger partial charge in [0.25, 0.3) is 0 Å². The Morgan fingerprint density at radius 1 is 0.659 bits per heavy atom. The summed E-state index contributed by atoms with van der Waals surface area (Å²) in [4.78, 5) is 0. The molecular weight excluding hydrogens is 743 g/mol. The molecule has 0 saturated carbocycles. The zero-order valence-electron chi connectivity index (χ0n) is 26.9. The summed E-state index contributed by atoms with van der Waals surface area (Å²) in [5.74, 6) is 0. The zero-order valence-corrected chi connectivity index (χ0v) is 32.6. The second-order valence-corrected chi connectivity index (χ2v) is 14.9. The van der Waals surface area contributed by atoms with Crippen molar-refractivity contribution in [2.45, 2.75) is 71.6 Å². The van der Waals surface area contributed by atoms with Crippen LogP contribution < -0.4 is 34.0 Å². The van der Waals surface area contributed by atoms with Gasteiger partial charge < -0.3 is 34.0 Å². The number of allylic oxidation sites excluding steroid dienone is 4. The minimum atomic E-state index is 0. The molecule has 0 N–H and O–H groups in total. The average molecular weight is 788 g/mol. The van der Waals surface area contributed by atoms with Gasteiger partial charge in [0, 0.05) is 0 Å². The van der Waals surface area contributed by atoms with Crippen molar-refractivity contribution in [2.75, 3.05) is 0 Å². The van der Waals surface area contributed by atoms with Crippen LogP contribution in [0.25, 0.3) is 21.5 Å². The predicted octanol–water partition coefficient (Wildman–Crippen LogP) is 4.81. The number of halogens is 2. The van der Waals surface area contributed by atoms with E-state index in [-0.39, 0.29) is 44.8 Å². The van der Waals surface area contributed by atoms with Gasteiger partial charge in [-0.1, -0.05) is 76.9 Å². The van der Waals surface area contributed by atoms with E-state index in [0.29, 0.717) is 0 Å². The van der Waals surface area contributed by atoms with Crippen LogP contribution in [0, 0.1) is 6.08 Å². The summed E-state index contributed by atoms with van der Waals surface area (Å²) >= 11 is 1.55. The summed E-state index contributed by atoms with van der Waals surface area (Å²) in [7, 11) is 0. The number of hydrogen-bond acceptors (Lipinski definition) is 0. The second kappa shape index (κ2) is 17.6. The monoisotopic (exact) mass is 784 g/mol. The molecule has 0 aliphatic heterocycles. The van der Waals surface area contributed by atoms with Crippen LogP contribution in [0.15, 0.2) is 121 Å². The van der Waals surface area contributed by atoms with E-state index < -0.39 is 0 Å². The van der Waals surface area contributed by atoms with Crippen LogP contribution >= 0.6 is 0 Å². The third kappa shape index (κ3) is 11.4. The molecule has 44 heavy (non-hydrogen) atoms. The topological polar surface area (TPSA) is 0 Å². The predicted molar refractivity (Wildman–Crippen MR) is 181 cm³/mol. The van der Waals surface area contributed by atoms with Gasteiger partial charge in [0.05, 0.1) is 0 Å². The van der Waals surface area contributed by atoms with Crippen molar-refractivity contribution >= 4 is 24.8 Å². The third-order valence-corrected chi connectivity index (χ3v) is 8.42. The fraction of sp³-hybridized carbons (Fsp3) is 0.268. The van der Waals surface area contributed by atoms with E-state index in [1.165, 1.54) is 43.8 Å². The van der Waals surface area contributed by atoms with Gasteiger partial charge in [-0.15, -0.1) is 46.2 Å². The summed E-state index contributed by atoms with van der Waals surface area (Å²) in [6.45, 7) is 13.7. The van der Waals surface area contributed by atoms with Crippen LogP contribution in [0.5, 0.6) is 0 Å². The summed E-state index contributed by atoms with van der Waals surface area (Å²) < 4.78 is 1.60. The van der Waals surface area contributed by atoms with E-state index in [0.717, 1.165) is 19.3 Å². The fourth-order valence-electron chi connectivity index (χ4n) is 5.02. The van der Waals surface area contributed by atoms with E-state index in [1.54, 1.807) is 27.4 Å². The number of rotatable bonds is 4. The number of fused-ring (bicyclic) bond motifs is 3. The van der Waals surface area contributed by atoms with Crippen molar-refractivity contribution in [1.29, 1.82) is 0 Å². The van der Waals surface area contributed by atoms with Gasteiger partial charge in [-0.2, -0.15) is 6.08 Å². The molecule has 5 aromatic rings. The summed E-state index contributed by atoms with van der Waals surface area (Å²) in [5, 5.41) is 5.49.